The highest BCUT2D eigenvalue weighted by Gasteiger charge is 2.19. The summed E-state index contributed by atoms with van der Waals surface area (Å²) in [7, 11) is 0. The van der Waals surface area contributed by atoms with Crippen molar-refractivity contribution in [2.24, 2.45) is 0 Å². The van der Waals surface area contributed by atoms with Crippen LogP contribution in [0.4, 0.5) is 0 Å². The average molecular weight is 723 g/mol. The molecule has 0 aliphatic heterocycles. The molecule has 11 rings (SSSR count). The predicted octanol–water partition coefficient (Wildman–Crippen LogP) is 14.7. The van der Waals surface area contributed by atoms with E-state index in [0.717, 1.165) is 32.2 Å². The Labute approximate surface area is 320 Å². The monoisotopic (exact) mass is 722 g/mol. The van der Waals surface area contributed by atoms with E-state index in [1.807, 2.05) is 0 Å². The molecule has 4 heteroatoms. The standard InChI is InChI=1S/C50H30N2S2/c1-2-10-36-29-37(26-17-31(36)9-1)38-27-28-41-42(30-38)48(33-20-24-35(25-21-33)50-52-44-14-6-8-16-46(44)54-50)40-12-4-3-11-39(40)47(41)32-18-22-34(23-19-32)49-51-43-13-5-7-15-45(43)53-49/h1-30H. The molecule has 0 bridgehead atoms. The van der Waals surface area contributed by atoms with Gasteiger partial charge in [0.1, 0.15) is 10.0 Å². The summed E-state index contributed by atoms with van der Waals surface area (Å²) in [6.45, 7) is 0. The van der Waals surface area contributed by atoms with Crippen molar-refractivity contribution in [3.05, 3.63) is 182 Å². The van der Waals surface area contributed by atoms with Gasteiger partial charge < -0.3 is 0 Å². The molecule has 0 aliphatic carbocycles. The highest BCUT2D eigenvalue weighted by molar-refractivity contribution is 7.22. The number of aromatic nitrogens is 2. The number of nitrogens with zero attached hydrogens (tertiary/aromatic N) is 2. The van der Waals surface area contributed by atoms with Gasteiger partial charge in [-0.3, -0.25) is 0 Å². The molecule has 0 amide bonds. The van der Waals surface area contributed by atoms with Crippen molar-refractivity contribution in [1.29, 1.82) is 0 Å². The Morgan fingerprint density at radius 1 is 0.296 bits per heavy atom. The van der Waals surface area contributed by atoms with Gasteiger partial charge in [-0.25, -0.2) is 9.97 Å². The van der Waals surface area contributed by atoms with Crippen LogP contribution in [-0.2, 0) is 0 Å². The van der Waals surface area contributed by atoms with Crippen LogP contribution < -0.4 is 0 Å². The smallest absolute Gasteiger partial charge is 0.124 e. The lowest BCUT2D eigenvalue weighted by atomic mass is 9.84. The number of hydrogen-bond acceptors (Lipinski definition) is 4. The SMILES string of the molecule is c1ccc2cc(-c3ccc4c(-c5ccc(-c6nc7ccccc7s6)cc5)c5ccccc5c(-c5ccc(-c6nc7ccccc7s6)cc5)c4c3)ccc2c1. The molecule has 0 atom stereocenters. The average Bonchev–Trinajstić information content (AvgIpc) is 3.88. The van der Waals surface area contributed by atoms with Crippen molar-refractivity contribution < 1.29 is 0 Å². The molecule has 0 radical (unpaired) electrons. The number of hydrogen-bond donors (Lipinski definition) is 0. The number of thiazole rings is 2. The first-order chi connectivity index (χ1) is 26.7. The molecule has 0 N–H and O–H groups in total. The molecule has 0 fully saturated rings. The molecule has 0 spiro atoms. The molecule has 252 valence electrons. The maximum absolute atomic E-state index is 4.95. The Balaban J connectivity index is 1.11. The van der Waals surface area contributed by atoms with Crippen molar-refractivity contribution in [2.45, 2.75) is 0 Å². The van der Waals surface area contributed by atoms with Crippen molar-refractivity contribution in [1.82, 2.24) is 9.97 Å². The van der Waals surface area contributed by atoms with E-state index in [2.05, 4.69) is 182 Å². The minimum atomic E-state index is 1.04. The third kappa shape index (κ3) is 5.22. The molecule has 0 saturated heterocycles. The Morgan fingerprint density at radius 2 is 0.722 bits per heavy atom. The molecule has 2 aromatic heterocycles. The predicted molar refractivity (Wildman–Crippen MR) is 232 cm³/mol. The first kappa shape index (κ1) is 31.1. The first-order valence-corrected chi connectivity index (χ1v) is 19.8. The van der Waals surface area contributed by atoms with Crippen LogP contribution in [0, 0.1) is 0 Å². The van der Waals surface area contributed by atoms with Crippen LogP contribution in [0.1, 0.15) is 0 Å². The Morgan fingerprint density at radius 3 is 1.31 bits per heavy atom. The van der Waals surface area contributed by atoms with Gasteiger partial charge in [-0.2, -0.15) is 0 Å². The zero-order valence-corrected chi connectivity index (χ0v) is 30.7. The summed E-state index contributed by atoms with van der Waals surface area (Å²) in [5, 5.41) is 9.52. The maximum atomic E-state index is 4.95. The first-order valence-electron chi connectivity index (χ1n) is 18.1. The molecular formula is C50H30N2S2. The second-order valence-corrected chi connectivity index (χ2v) is 15.8. The lowest BCUT2D eigenvalue weighted by Gasteiger charge is -2.19. The van der Waals surface area contributed by atoms with Crippen molar-refractivity contribution in [3.63, 3.8) is 0 Å². The van der Waals surface area contributed by atoms with Crippen LogP contribution in [0.15, 0.2) is 182 Å². The van der Waals surface area contributed by atoms with Gasteiger partial charge in [0.15, 0.2) is 0 Å². The minimum absolute atomic E-state index is 1.04. The fourth-order valence-electron chi connectivity index (χ4n) is 7.90. The van der Waals surface area contributed by atoms with Crippen molar-refractivity contribution in [3.8, 4) is 54.5 Å². The second kappa shape index (κ2) is 12.6. The van der Waals surface area contributed by atoms with Crippen LogP contribution in [0.3, 0.4) is 0 Å². The highest BCUT2D eigenvalue weighted by Crippen LogP contribution is 2.46. The quantitative estimate of drug-likeness (QED) is 0.165. The fourth-order valence-corrected chi connectivity index (χ4v) is 9.84. The molecule has 0 unspecified atom stereocenters. The third-order valence-corrected chi connectivity index (χ3v) is 12.7. The molecule has 2 heterocycles. The van der Waals surface area contributed by atoms with E-state index in [9.17, 15) is 0 Å². The van der Waals surface area contributed by atoms with Gasteiger partial charge in [0, 0.05) is 11.1 Å². The van der Waals surface area contributed by atoms with Gasteiger partial charge in [0.25, 0.3) is 0 Å². The van der Waals surface area contributed by atoms with E-state index in [1.54, 1.807) is 22.7 Å². The van der Waals surface area contributed by atoms with E-state index >= 15 is 0 Å². The van der Waals surface area contributed by atoms with E-state index in [4.69, 9.17) is 9.97 Å². The molecule has 11 aromatic rings. The van der Waals surface area contributed by atoms with Crippen LogP contribution in [0.25, 0.3) is 107 Å². The second-order valence-electron chi connectivity index (χ2n) is 13.7. The van der Waals surface area contributed by atoms with Crippen LogP contribution in [0.5, 0.6) is 0 Å². The lowest BCUT2D eigenvalue weighted by molar-refractivity contribution is 1.48. The van der Waals surface area contributed by atoms with Crippen molar-refractivity contribution in [2.75, 3.05) is 0 Å². The molecule has 54 heavy (non-hydrogen) atoms. The van der Waals surface area contributed by atoms with E-state index < -0.39 is 0 Å². The summed E-state index contributed by atoms with van der Waals surface area (Å²) in [5.41, 5.74) is 11.6. The summed E-state index contributed by atoms with van der Waals surface area (Å²) in [5.74, 6) is 0. The number of fused-ring (bicyclic) bond motifs is 5. The fraction of sp³-hybridized carbons (Fsp3) is 0. The lowest BCUT2D eigenvalue weighted by Crippen LogP contribution is -1.92. The van der Waals surface area contributed by atoms with Gasteiger partial charge in [-0.1, -0.05) is 146 Å². The van der Waals surface area contributed by atoms with E-state index in [0.29, 0.717) is 0 Å². The summed E-state index contributed by atoms with van der Waals surface area (Å²) in [6.07, 6.45) is 0. The zero-order valence-electron chi connectivity index (χ0n) is 29.0. The van der Waals surface area contributed by atoms with Gasteiger partial charge in [-0.05, 0) is 102 Å². The molecule has 0 aliphatic rings. The van der Waals surface area contributed by atoms with Gasteiger partial charge in [-0.15, -0.1) is 22.7 Å². The van der Waals surface area contributed by atoms with E-state index in [-0.39, 0.29) is 0 Å². The number of rotatable bonds is 5. The Bertz CT molecular complexity index is 3140. The largest absolute Gasteiger partial charge is 0.236 e. The van der Waals surface area contributed by atoms with Gasteiger partial charge >= 0.3 is 0 Å². The summed E-state index contributed by atoms with van der Waals surface area (Å²) < 4.78 is 2.41. The Hall–Kier alpha value is -6.46. The topological polar surface area (TPSA) is 25.8 Å². The van der Waals surface area contributed by atoms with Crippen LogP contribution in [0.2, 0.25) is 0 Å². The highest BCUT2D eigenvalue weighted by atomic mass is 32.1. The maximum Gasteiger partial charge on any atom is 0.124 e. The number of benzene rings is 9. The zero-order chi connectivity index (χ0) is 35.6. The Kier molecular flexibility index (Phi) is 7.25. The third-order valence-electron chi connectivity index (χ3n) is 10.5. The van der Waals surface area contributed by atoms with E-state index in [1.165, 1.54) is 75.1 Å². The normalized spacial score (nSPS) is 11.7. The van der Waals surface area contributed by atoms with Crippen molar-refractivity contribution >= 4 is 75.4 Å². The number of para-hydroxylation sites is 2. The molecule has 0 saturated carbocycles. The van der Waals surface area contributed by atoms with Crippen LogP contribution in [-0.4, -0.2) is 9.97 Å². The summed E-state index contributed by atoms with van der Waals surface area (Å²) >= 11 is 3.49. The molecule has 2 nitrogen and oxygen atoms in total. The van der Waals surface area contributed by atoms with Crippen LogP contribution >= 0.6 is 22.7 Å². The summed E-state index contributed by atoms with van der Waals surface area (Å²) in [6, 6.07) is 66.0. The summed E-state index contributed by atoms with van der Waals surface area (Å²) in [4.78, 5) is 9.89. The molecule has 9 aromatic carbocycles. The van der Waals surface area contributed by atoms with Gasteiger partial charge in [0.05, 0.1) is 20.4 Å². The van der Waals surface area contributed by atoms with Gasteiger partial charge in [0.2, 0.25) is 0 Å². The minimum Gasteiger partial charge on any atom is -0.236 e. The molecular weight excluding hydrogens is 693 g/mol.